The summed E-state index contributed by atoms with van der Waals surface area (Å²) in [5, 5.41) is 1.95. The molecule has 0 saturated carbocycles. The molecule has 0 bridgehead atoms. The van der Waals surface area contributed by atoms with Crippen LogP contribution in [0.5, 0.6) is 0 Å². The van der Waals surface area contributed by atoms with E-state index in [1.165, 1.54) is 13.0 Å². The van der Waals surface area contributed by atoms with Gasteiger partial charge in [-0.05, 0) is 45.4 Å². The minimum absolute atomic E-state index is 0.0411. The van der Waals surface area contributed by atoms with Crippen molar-refractivity contribution < 1.29 is 32.5 Å². The number of Topliss-reactive ketones (excluding diaryl/α,β-unsaturated/α-hetero) is 1. The zero-order valence-corrected chi connectivity index (χ0v) is 17.8. The number of ketones is 1. The molecule has 4 amide bonds. The van der Waals surface area contributed by atoms with Crippen molar-refractivity contribution >= 4 is 35.0 Å². The summed E-state index contributed by atoms with van der Waals surface area (Å²) in [6, 6.07) is 0.944. The molecule has 30 heavy (non-hydrogen) atoms. The van der Waals surface area contributed by atoms with Crippen molar-refractivity contribution in [3.8, 4) is 0 Å². The maximum Gasteiger partial charge on any atom is 0.330 e. The molecule has 3 atom stereocenters. The quantitative estimate of drug-likeness (QED) is 0.489. The van der Waals surface area contributed by atoms with Gasteiger partial charge in [-0.25, -0.2) is 13.6 Å². The molecule has 11 heteroatoms. The van der Waals surface area contributed by atoms with Gasteiger partial charge in [-0.3, -0.25) is 24.6 Å². The monoisotopic (exact) mass is 443 g/mol. The third kappa shape index (κ3) is 5.21. The van der Waals surface area contributed by atoms with Gasteiger partial charge in [-0.2, -0.15) is 0 Å². The number of hydrogen-bond acceptors (Lipinski definition) is 6. The van der Waals surface area contributed by atoms with Crippen LogP contribution in [0.3, 0.4) is 0 Å². The van der Waals surface area contributed by atoms with Crippen molar-refractivity contribution in [2.75, 3.05) is 6.54 Å². The fraction of sp³-hybridized carbons (Fsp3) is 0.474. The summed E-state index contributed by atoms with van der Waals surface area (Å²) < 4.78 is 41.6. The maximum absolute atomic E-state index is 13.7. The first-order chi connectivity index (χ1) is 13.9. The first-order valence-electron chi connectivity index (χ1n) is 9.18. The van der Waals surface area contributed by atoms with Gasteiger partial charge in [-0.1, -0.05) is 6.07 Å². The van der Waals surface area contributed by atoms with E-state index in [1.807, 2.05) is 5.32 Å². The summed E-state index contributed by atoms with van der Waals surface area (Å²) in [5.74, 6) is -6.89. The van der Waals surface area contributed by atoms with Crippen LogP contribution in [0.15, 0.2) is 18.2 Å². The summed E-state index contributed by atoms with van der Waals surface area (Å²) >= 11 is -1.70. The van der Waals surface area contributed by atoms with Crippen LogP contribution in [-0.4, -0.2) is 44.4 Å². The number of nitrogens with zero attached hydrogens (tertiary/aromatic N) is 1. The van der Waals surface area contributed by atoms with Gasteiger partial charge in [0.2, 0.25) is 5.91 Å². The number of amides is 4. The predicted molar refractivity (Wildman–Crippen MR) is 104 cm³/mol. The second kappa shape index (κ2) is 9.19. The Morgan fingerprint density at radius 2 is 1.90 bits per heavy atom. The molecule has 1 aromatic rings. The average molecular weight is 443 g/mol. The molecule has 2 rings (SSSR count). The highest BCUT2D eigenvalue weighted by Gasteiger charge is 2.45. The number of urea groups is 1. The van der Waals surface area contributed by atoms with Gasteiger partial charge in [0.05, 0.1) is 6.04 Å². The highest BCUT2D eigenvalue weighted by molar-refractivity contribution is 7.90. The lowest BCUT2D eigenvalue weighted by molar-refractivity contribution is -0.147. The average Bonchev–Trinajstić information content (AvgIpc) is 2.62. The number of carbonyl (C=O) groups excluding carboxylic acids is 4. The van der Waals surface area contributed by atoms with E-state index < -0.39 is 69.8 Å². The molecule has 0 aliphatic carbocycles. The number of halogens is 2. The zero-order valence-electron chi connectivity index (χ0n) is 17.0. The fourth-order valence-corrected chi connectivity index (χ4v) is 3.61. The van der Waals surface area contributed by atoms with Gasteiger partial charge in [0.25, 0.3) is 5.91 Å². The van der Waals surface area contributed by atoms with Gasteiger partial charge in [-0.15, -0.1) is 4.72 Å². The first-order valence-corrected chi connectivity index (χ1v) is 10.3. The lowest BCUT2D eigenvalue weighted by Crippen LogP contribution is -2.60. The summed E-state index contributed by atoms with van der Waals surface area (Å²) in [6.45, 7) is 6.48. The minimum atomic E-state index is -1.76. The maximum atomic E-state index is 13.7. The number of rotatable bonds is 7. The number of imide groups is 2. The van der Waals surface area contributed by atoms with E-state index in [4.69, 9.17) is 0 Å². The fourth-order valence-electron chi connectivity index (χ4n) is 2.78. The lowest BCUT2D eigenvalue weighted by Gasteiger charge is -2.30. The second-order valence-corrected chi connectivity index (χ2v) is 9.70. The molecule has 1 fully saturated rings. The van der Waals surface area contributed by atoms with Crippen LogP contribution in [0.25, 0.3) is 0 Å². The highest BCUT2D eigenvalue weighted by Crippen LogP contribution is 2.26. The Morgan fingerprint density at radius 3 is 2.43 bits per heavy atom. The van der Waals surface area contributed by atoms with E-state index >= 15 is 0 Å². The van der Waals surface area contributed by atoms with Crippen molar-refractivity contribution in [2.45, 2.75) is 44.9 Å². The summed E-state index contributed by atoms with van der Waals surface area (Å²) in [4.78, 5) is 49.9. The van der Waals surface area contributed by atoms with Crippen molar-refractivity contribution in [3.63, 3.8) is 0 Å². The molecule has 2 unspecified atom stereocenters. The number of carbonyl (C=O) groups is 4. The van der Waals surface area contributed by atoms with Gasteiger partial charge in [0.15, 0.2) is 23.3 Å². The SMILES string of the molecule is CCN1C(=O)NC(=O)C(C(=O)C[C@@H](N[S+]([O-])C(C)(C)C)c2ccc(F)c(F)c2)C1=O. The second-order valence-electron chi connectivity index (χ2n) is 7.71. The summed E-state index contributed by atoms with van der Waals surface area (Å²) in [7, 11) is 0. The van der Waals surface area contributed by atoms with Gasteiger partial charge < -0.3 is 4.55 Å². The van der Waals surface area contributed by atoms with Crippen LogP contribution >= 0.6 is 0 Å². The van der Waals surface area contributed by atoms with Crippen molar-refractivity contribution in [2.24, 2.45) is 5.92 Å². The molecule has 0 radical (unpaired) electrons. The molecule has 164 valence electrons. The minimum Gasteiger partial charge on any atom is -0.598 e. The first kappa shape index (κ1) is 23.9. The Morgan fingerprint density at radius 1 is 1.27 bits per heavy atom. The standard InChI is InChI=1S/C19H23F2N3O5S/c1-5-24-17(27)15(16(26)22-18(24)28)14(25)9-13(23-30(29)19(2,3)4)10-6-7-11(20)12(21)8-10/h6-8,13,15,23H,5,9H2,1-4H3,(H,22,26,28)/t13-,15?,30?/m1/s1. The van der Waals surface area contributed by atoms with E-state index in [0.717, 1.165) is 17.0 Å². The van der Waals surface area contributed by atoms with E-state index in [1.54, 1.807) is 20.8 Å². The van der Waals surface area contributed by atoms with Gasteiger partial charge in [0.1, 0.15) is 4.75 Å². The Bertz CT molecular complexity index is 874. The third-order valence-electron chi connectivity index (χ3n) is 4.45. The van der Waals surface area contributed by atoms with Crippen molar-refractivity contribution in [3.05, 3.63) is 35.4 Å². The molecule has 1 heterocycles. The Labute approximate surface area is 175 Å². The molecule has 1 saturated heterocycles. The molecular weight excluding hydrogens is 420 g/mol. The van der Waals surface area contributed by atoms with Crippen molar-refractivity contribution in [1.29, 1.82) is 0 Å². The summed E-state index contributed by atoms with van der Waals surface area (Å²) in [5.41, 5.74) is 0.118. The molecular formula is C19H23F2N3O5S. The van der Waals surface area contributed by atoms with E-state index in [2.05, 4.69) is 4.72 Å². The molecule has 1 aliphatic rings. The number of barbiturate groups is 1. The largest absolute Gasteiger partial charge is 0.598 e. The topological polar surface area (TPSA) is 119 Å². The molecule has 8 nitrogen and oxygen atoms in total. The number of nitrogens with one attached hydrogen (secondary N) is 2. The molecule has 0 aromatic heterocycles. The number of benzene rings is 1. The lowest BCUT2D eigenvalue weighted by atomic mass is 9.92. The van der Waals surface area contributed by atoms with Crippen LogP contribution in [0.4, 0.5) is 13.6 Å². The predicted octanol–water partition coefficient (Wildman–Crippen LogP) is 1.73. The van der Waals surface area contributed by atoms with Crippen LogP contribution in [0.2, 0.25) is 0 Å². The molecule has 0 spiro atoms. The Kier molecular flexibility index (Phi) is 7.32. The van der Waals surface area contributed by atoms with Crippen LogP contribution in [0.1, 0.15) is 45.7 Å². The van der Waals surface area contributed by atoms with E-state index in [-0.39, 0.29) is 12.1 Å². The van der Waals surface area contributed by atoms with Crippen molar-refractivity contribution in [1.82, 2.24) is 14.9 Å². The summed E-state index contributed by atoms with van der Waals surface area (Å²) in [6.07, 6.45) is -0.511. The van der Waals surface area contributed by atoms with E-state index in [9.17, 15) is 32.5 Å². The molecule has 1 aliphatic heterocycles. The Hall–Kier alpha value is -2.37. The number of hydrogen-bond donors (Lipinski definition) is 2. The normalized spacial score (nSPS) is 19.5. The molecule has 1 aromatic carbocycles. The smallest absolute Gasteiger partial charge is 0.330 e. The van der Waals surface area contributed by atoms with Crippen LogP contribution in [-0.2, 0) is 25.7 Å². The zero-order chi connectivity index (χ0) is 22.8. The van der Waals surface area contributed by atoms with Gasteiger partial charge in [0, 0.05) is 24.3 Å². The van der Waals surface area contributed by atoms with E-state index in [0.29, 0.717) is 0 Å². The van der Waals surface area contributed by atoms with Gasteiger partial charge >= 0.3 is 6.03 Å². The Balaban J connectivity index is 2.33. The van der Waals surface area contributed by atoms with Crippen LogP contribution < -0.4 is 10.0 Å². The highest BCUT2D eigenvalue weighted by atomic mass is 32.2. The molecule has 2 N–H and O–H groups in total. The van der Waals surface area contributed by atoms with Crippen LogP contribution in [0, 0.1) is 17.6 Å². The third-order valence-corrected chi connectivity index (χ3v) is 6.06.